The number of thiazole rings is 1. The molecule has 0 saturated carbocycles. The van der Waals surface area contributed by atoms with Gasteiger partial charge in [0.1, 0.15) is 5.01 Å². The molecule has 0 spiro atoms. The van der Waals surface area contributed by atoms with Crippen molar-refractivity contribution in [3.63, 3.8) is 0 Å². The first-order valence-corrected chi connectivity index (χ1v) is 7.66. The van der Waals surface area contributed by atoms with Crippen LogP contribution in [0.4, 0.5) is 0 Å². The molecule has 0 atom stereocenters. The van der Waals surface area contributed by atoms with E-state index in [-0.39, 0.29) is 12.8 Å². The molecule has 0 unspecified atom stereocenters. The molecule has 0 aliphatic carbocycles. The largest absolute Gasteiger partial charge is 0.389 e. The Hall–Kier alpha value is -0.260. The fourth-order valence-electron chi connectivity index (χ4n) is 1.21. The second-order valence-electron chi connectivity index (χ2n) is 3.00. The molecule has 0 radical (unpaired) electrons. The Morgan fingerprint density at radius 3 is 2.50 bits per heavy atom. The molecule has 0 bridgehead atoms. The average molecular weight is 265 g/mol. The van der Waals surface area contributed by atoms with Crippen LogP contribution in [0.1, 0.15) is 24.5 Å². The summed E-state index contributed by atoms with van der Waals surface area (Å²) in [6, 6.07) is 0. The number of hydrogen-bond donors (Lipinski definition) is 1. The fourth-order valence-corrected chi connectivity index (χ4v) is 3.59. The van der Waals surface area contributed by atoms with Crippen molar-refractivity contribution in [3.8, 4) is 0 Å². The van der Waals surface area contributed by atoms with Crippen LogP contribution in [-0.2, 0) is 26.4 Å². The van der Waals surface area contributed by atoms with Gasteiger partial charge in [-0.15, -0.1) is 11.3 Å². The van der Waals surface area contributed by atoms with Crippen LogP contribution in [-0.4, -0.2) is 23.3 Å². The fraction of sp³-hybridized carbons (Fsp3) is 0.667. The standard InChI is InChI=1S/C9H16NO4PS/c1-3-13-15(12,14-4-2)6-8-7-16-9(5-11)10-8/h7,11H,3-6H2,1-2H3. The highest BCUT2D eigenvalue weighted by molar-refractivity contribution is 7.53. The lowest BCUT2D eigenvalue weighted by molar-refractivity contribution is 0.219. The Bertz CT molecular complexity index is 358. The van der Waals surface area contributed by atoms with Gasteiger partial charge < -0.3 is 14.2 Å². The molecule has 0 saturated heterocycles. The van der Waals surface area contributed by atoms with E-state index in [9.17, 15) is 4.57 Å². The Morgan fingerprint density at radius 1 is 1.44 bits per heavy atom. The van der Waals surface area contributed by atoms with Gasteiger partial charge in [0, 0.05) is 5.38 Å². The lowest BCUT2D eigenvalue weighted by atomic mass is 10.6. The maximum Gasteiger partial charge on any atom is 0.336 e. The van der Waals surface area contributed by atoms with E-state index in [0.717, 1.165) is 0 Å². The number of aliphatic hydroxyl groups excluding tert-OH is 1. The van der Waals surface area contributed by atoms with Crippen LogP contribution in [0.5, 0.6) is 0 Å². The van der Waals surface area contributed by atoms with Crippen molar-refractivity contribution in [1.82, 2.24) is 4.98 Å². The third-order valence-corrected chi connectivity index (χ3v) is 4.64. The van der Waals surface area contributed by atoms with Crippen molar-refractivity contribution in [3.05, 3.63) is 16.1 Å². The molecular formula is C9H16NO4PS. The Labute approximate surface area is 99.0 Å². The molecule has 0 fully saturated rings. The normalized spacial score (nSPS) is 11.9. The van der Waals surface area contributed by atoms with E-state index in [1.54, 1.807) is 19.2 Å². The summed E-state index contributed by atoms with van der Waals surface area (Å²) in [5.41, 5.74) is 0.638. The van der Waals surface area contributed by atoms with Crippen LogP contribution in [0.25, 0.3) is 0 Å². The lowest BCUT2D eigenvalue weighted by Gasteiger charge is -2.15. The molecular weight excluding hydrogens is 249 g/mol. The predicted octanol–water partition coefficient (Wildman–Crippen LogP) is 2.40. The Morgan fingerprint density at radius 2 is 2.06 bits per heavy atom. The molecule has 92 valence electrons. The summed E-state index contributed by atoms with van der Waals surface area (Å²) in [6.45, 7) is 4.12. The van der Waals surface area contributed by atoms with Crippen LogP contribution < -0.4 is 0 Å². The van der Waals surface area contributed by atoms with E-state index in [2.05, 4.69) is 4.98 Å². The molecule has 1 aromatic rings. The lowest BCUT2D eigenvalue weighted by Crippen LogP contribution is -1.99. The third-order valence-electron chi connectivity index (χ3n) is 1.74. The van der Waals surface area contributed by atoms with Crippen molar-refractivity contribution in [1.29, 1.82) is 0 Å². The Kier molecular flexibility index (Phi) is 5.58. The van der Waals surface area contributed by atoms with Crippen LogP contribution in [0.15, 0.2) is 5.38 Å². The summed E-state index contributed by atoms with van der Waals surface area (Å²) in [4.78, 5) is 4.11. The first kappa shape index (κ1) is 13.8. The minimum absolute atomic E-state index is 0.0990. The second kappa shape index (κ2) is 6.47. The van der Waals surface area contributed by atoms with Gasteiger partial charge >= 0.3 is 7.60 Å². The zero-order valence-corrected chi connectivity index (χ0v) is 11.1. The van der Waals surface area contributed by atoms with Gasteiger partial charge in [0.25, 0.3) is 0 Å². The maximum atomic E-state index is 12.1. The summed E-state index contributed by atoms with van der Waals surface area (Å²) in [5.74, 6) is 0. The molecule has 1 rings (SSSR count). The minimum Gasteiger partial charge on any atom is -0.389 e. The second-order valence-corrected chi connectivity index (χ2v) is 5.99. The van der Waals surface area contributed by atoms with Gasteiger partial charge in [-0.1, -0.05) is 0 Å². The van der Waals surface area contributed by atoms with Crippen molar-refractivity contribution >= 4 is 18.9 Å². The predicted molar refractivity (Wildman–Crippen MR) is 62.6 cm³/mol. The highest BCUT2D eigenvalue weighted by atomic mass is 32.1. The molecule has 0 aromatic carbocycles. The summed E-state index contributed by atoms with van der Waals surface area (Å²) >= 11 is 1.33. The van der Waals surface area contributed by atoms with Crippen molar-refractivity contribution in [2.24, 2.45) is 0 Å². The van der Waals surface area contributed by atoms with E-state index in [1.165, 1.54) is 11.3 Å². The number of aliphatic hydroxyl groups is 1. The maximum absolute atomic E-state index is 12.1. The summed E-state index contributed by atoms with van der Waals surface area (Å²) in [6.07, 6.45) is 0.158. The molecule has 0 amide bonds. The number of aromatic nitrogens is 1. The molecule has 1 heterocycles. The molecule has 5 nitrogen and oxygen atoms in total. The van der Waals surface area contributed by atoms with Gasteiger partial charge in [-0.2, -0.15) is 0 Å². The van der Waals surface area contributed by atoms with Gasteiger partial charge in [-0.05, 0) is 13.8 Å². The smallest absolute Gasteiger partial charge is 0.336 e. The molecule has 1 N–H and O–H groups in total. The summed E-state index contributed by atoms with van der Waals surface area (Å²) < 4.78 is 22.4. The summed E-state index contributed by atoms with van der Waals surface area (Å²) in [5, 5.41) is 11.2. The number of nitrogens with zero attached hydrogens (tertiary/aromatic N) is 1. The molecule has 0 aliphatic rings. The van der Waals surface area contributed by atoms with Gasteiger partial charge in [-0.25, -0.2) is 4.98 Å². The molecule has 0 aliphatic heterocycles. The third kappa shape index (κ3) is 3.96. The van der Waals surface area contributed by atoms with E-state index in [1.807, 2.05) is 0 Å². The topological polar surface area (TPSA) is 68.7 Å². The van der Waals surface area contributed by atoms with Gasteiger partial charge in [0.2, 0.25) is 0 Å². The van der Waals surface area contributed by atoms with Crippen LogP contribution in [0.3, 0.4) is 0 Å². The van der Waals surface area contributed by atoms with E-state index >= 15 is 0 Å². The van der Waals surface area contributed by atoms with Gasteiger partial charge in [0.15, 0.2) is 0 Å². The first-order valence-electron chi connectivity index (χ1n) is 5.05. The zero-order valence-electron chi connectivity index (χ0n) is 9.38. The van der Waals surface area contributed by atoms with Crippen LogP contribution in [0.2, 0.25) is 0 Å². The number of rotatable bonds is 7. The minimum atomic E-state index is -3.08. The van der Waals surface area contributed by atoms with Crippen molar-refractivity contribution in [2.75, 3.05) is 13.2 Å². The first-order chi connectivity index (χ1) is 7.63. The van der Waals surface area contributed by atoms with E-state index < -0.39 is 7.60 Å². The Balaban J connectivity index is 2.71. The average Bonchev–Trinajstić information content (AvgIpc) is 2.65. The highest BCUT2D eigenvalue weighted by Crippen LogP contribution is 2.51. The van der Waals surface area contributed by atoms with Crippen LogP contribution in [0, 0.1) is 0 Å². The van der Waals surface area contributed by atoms with E-state index in [0.29, 0.717) is 23.9 Å². The van der Waals surface area contributed by atoms with Crippen LogP contribution >= 0.6 is 18.9 Å². The van der Waals surface area contributed by atoms with Crippen molar-refractivity contribution < 1.29 is 18.7 Å². The van der Waals surface area contributed by atoms with Gasteiger partial charge in [0.05, 0.1) is 31.7 Å². The summed E-state index contributed by atoms with van der Waals surface area (Å²) in [7, 11) is -3.08. The quantitative estimate of drug-likeness (QED) is 0.767. The molecule has 7 heteroatoms. The highest BCUT2D eigenvalue weighted by Gasteiger charge is 2.25. The molecule has 16 heavy (non-hydrogen) atoms. The SMILES string of the molecule is CCOP(=O)(Cc1csc(CO)n1)OCC. The monoisotopic (exact) mass is 265 g/mol. The van der Waals surface area contributed by atoms with Crippen molar-refractivity contribution in [2.45, 2.75) is 26.6 Å². The number of hydrogen-bond acceptors (Lipinski definition) is 6. The zero-order chi connectivity index (χ0) is 12.0. The van der Waals surface area contributed by atoms with E-state index in [4.69, 9.17) is 14.2 Å². The van der Waals surface area contributed by atoms with Gasteiger partial charge in [-0.3, -0.25) is 4.57 Å². The molecule has 1 aromatic heterocycles.